The molecule has 0 saturated heterocycles. The van der Waals surface area contributed by atoms with Crippen LogP contribution in [0.4, 0.5) is 5.69 Å². The number of aryl methyl sites for hydroxylation is 1. The van der Waals surface area contributed by atoms with Crippen molar-refractivity contribution in [3.8, 4) is 0 Å². The lowest BCUT2D eigenvalue weighted by Gasteiger charge is -2.12. The van der Waals surface area contributed by atoms with Crippen molar-refractivity contribution in [3.63, 3.8) is 0 Å². The molecule has 1 aliphatic rings. The molecule has 1 amide bonds. The molecule has 6 heteroatoms. The Labute approximate surface area is 121 Å². The molecule has 0 bridgehead atoms. The van der Waals surface area contributed by atoms with Gasteiger partial charge in [-0.25, -0.2) is 4.98 Å². The number of aliphatic hydroxyl groups excluding tert-OH is 1. The van der Waals surface area contributed by atoms with E-state index in [0.717, 1.165) is 0 Å². The van der Waals surface area contributed by atoms with Gasteiger partial charge in [0.2, 0.25) is 0 Å². The summed E-state index contributed by atoms with van der Waals surface area (Å²) in [5, 5.41) is 11.9. The highest BCUT2D eigenvalue weighted by Gasteiger charge is 2.25. The Kier molecular flexibility index (Phi) is 3.53. The summed E-state index contributed by atoms with van der Waals surface area (Å²) in [6.45, 7) is -0.106. The Morgan fingerprint density at radius 2 is 2.14 bits per heavy atom. The van der Waals surface area contributed by atoms with Gasteiger partial charge in [-0.1, -0.05) is 18.2 Å². The van der Waals surface area contributed by atoms with E-state index >= 15 is 0 Å². The summed E-state index contributed by atoms with van der Waals surface area (Å²) in [6, 6.07) is 8.41. The first-order valence-electron chi connectivity index (χ1n) is 6.78. The monoisotopic (exact) mass is 285 g/mol. The molecule has 2 heterocycles. The quantitative estimate of drug-likeness (QED) is 0.880. The molecule has 1 aromatic carbocycles. The fourth-order valence-corrected chi connectivity index (χ4v) is 2.53. The number of carbonyl (C=O) groups is 1. The average Bonchev–Trinajstić information content (AvgIpc) is 2.94. The molecule has 0 aliphatic carbocycles. The highest BCUT2D eigenvalue weighted by molar-refractivity contribution is 6.04. The smallest absolute Gasteiger partial charge is 0.277 e. The van der Waals surface area contributed by atoms with Crippen LogP contribution >= 0.6 is 0 Å². The van der Waals surface area contributed by atoms with E-state index in [4.69, 9.17) is 0 Å². The van der Waals surface area contributed by atoms with Crippen LogP contribution in [0.3, 0.4) is 0 Å². The van der Waals surface area contributed by atoms with Gasteiger partial charge >= 0.3 is 0 Å². The molecule has 0 saturated carbocycles. The predicted octanol–water partition coefficient (Wildman–Crippen LogP) is 0.975. The summed E-state index contributed by atoms with van der Waals surface area (Å²) >= 11 is 0. The second-order valence-electron chi connectivity index (χ2n) is 4.96. The molecule has 0 spiro atoms. The lowest BCUT2D eigenvalue weighted by molar-refractivity contribution is 0.102. The van der Waals surface area contributed by atoms with Gasteiger partial charge in [-0.15, -0.1) is 0 Å². The second-order valence-corrected chi connectivity index (χ2v) is 4.96. The SMILES string of the molecule is O=C(Nc1cnc2n(c1=O)C(CO)CC2)c1ccccc1. The number of carbonyl (C=O) groups excluding carboxylic acids is 1. The summed E-state index contributed by atoms with van der Waals surface area (Å²) in [4.78, 5) is 28.7. The second kappa shape index (κ2) is 5.49. The molecule has 1 unspecified atom stereocenters. The fourth-order valence-electron chi connectivity index (χ4n) is 2.53. The van der Waals surface area contributed by atoms with Crippen molar-refractivity contribution >= 4 is 11.6 Å². The number of hydrogen-bond donors (Lipinski definition) is 2. The number of hydrogen-bond acceptors (Lipinski definition) is 4. The number of nitrogens with zero attached hydrogens (tertiary/aromatic N) is 2. The van der Waals surface area contributed by atoms with Gasteiger partial charge in [0.05, 0.1) is 18.8 Å². The topological polar surface area (TPSA) is 84.2 Å². The highest BCUT2D eigenvalue weighted by Crippen LogP contribution is 2.22. The minimum Gasteiger partial charge on any atom is -0.394 e. The Bertz CT molecular complexity index is 725. The van der Waals surface area contributed by atoms with Crippen molar-refractivity contribution in [3.05, 3.63) is 58.3 Å². The van der Waals surface area contributed by atoms with Crippen molar-refractivity contribution in [1.29, 1.82) is 0 Å². The Morgan fingerprint density at radius 3 is 2.86 bits per heavy atom. The lowest BCUT2D eigenvalue weighted by atomic mass is 10.2. The van der Waals surface area contributed by atoms with Crippen molar-refractivity contribution in [1.82, 2.24) is 9.55 Å². The maximum absolute atomic E-state index is 12.4. The van der Waals surface area contributed by atoms with E-state index in [-0.39, 0.29) is 29.8 Å². The first-order chi connectivity index (χ1) is 10.2. The Hall–Kier alpha value is -2.47. The first kappa shape index (κ1) is 13.5. The van der Waals surface area contributed by atoms with Gasteiger partial charge in [-0.3, -0.25) is 14.2 Å². The largest absolute Gasteiger partial charge is 0.394 e. The standard InChI is InChI=1S/C15H15N3O3/c19-9-11-6-7-13-16-8-12(15(21)18(11)13)17-14(20)10-4-2-1-3-5-10/h1-5,8,11,19H,6-7,9H2,(H,17,20). The number of nitrogens with one attached hydrogen (secondary N) is 1. The normalized spacial score (nSPS) is 16.5. The third kappa shape index (κ3) is 2.45. The van der Waals surface area contributed by atoms with Gasteiger partial charge in [0.15, 0.2) is 0 Å². The van der Waals surface area contributed by atoms with Gasteiger partial charge < -0.3 is 10.4 Å². The first-order valence-corrected chi connectivity index (χ1v) is 6.78. The number of aromatic nitrogens is 2. The predicted molar refractivity (Wildman–Crippen MR) is 77.3 cm³/mol. The van der Waals surface area contributed by atoms with Crippen molar-refractivity contribution in [2.45, 2.75) is 18.9 Å². The number of rotatable bonds is 3. The van der Waals surface area contributed by atoms with Crippen LogP contribution < -0.4 is 10.9 Å². The van der Waals surface area contributed by atoms with Crippen LogP contribution in [0.5, 0.6) is 0 Å². The molecule has 108 valence electrons. The molecule has 2 aromatic rings. The number of anilines is 1. The molecule has 1 atom stereocenters. The van der Waals surface area contributed by atoms with Crippen LogP contribution in [0, 0.1) is 0 Å². The van der Waals surface area contributed by atoms with E-state index in [9.17, 15) is 14.7 Å². The highest BCUT2D eigenvalue weighted by atomic mass is 16.3. The van der Waals surface area contributed by atoms with Gasteiger partial charge in [0, 0.05) is 12.0 Å². The average molecular weight is 285 g/mol. The van der Waals surface area contributed by atoms with Crippen molar-refractivity contribution in [2.24, 2.45) is 0 Å². The molecule has 0 fully saturated rings. The minimum atomic E-state index is -0.353. The molecule has 3 rings (SSSR count). The molecular weight excluding hydrogens is 270 g/mol. The zero-order valence-electron chi connectivity index (χ0n) is 11.3. The maximum Gasteiger partial charge on any atom is 0.277 e. The van der Waals surface area contributed by atoms with E-state index in [1.54, 1.807) is 24.3 Å². The minimum absolute atomic E-state index is 0.106. The molecule has 1 aliphatic heterocycles. The number of aliphatic hydroxyl groups is 1. The van der Waals surface area contributed by atoms with E-state index in [1.165, 1.54) is 10.8 Å². The molecular formula is C15H15N3O3. The van der Waals surface area contributed by atoms with Gasteiger partial charge in [0.25, 0.3) is 11.5 Å². The van der Waals surface area contributed by atoms with E-state index in [2.05, 4.69) is 10.3 Å². The van der Waals surface area contributed by atoms with Crippen LogP contribution in [-0.4, -0.2) is 27.2 Å². The van der Waals surface area contributed by atoms with E-state index in [0.29, 0.717) is 24.2 Å². The van der Waals surface area contributed by atoms with Crippen molar-refractivity contribution < 1.29 is 9.90 Å². The van der Waals surface area contributed by atoms with Gasteiger partial charge in [0.1, 0.15) is 11.5 Å². The molecule has 1 aromatic heterocycles. The third-order valence-electron chi connectivity index (χ3n) is 3.63. The Morgan fingerprint density at radius 1 is 1.38 bits per heavy atom. The van der Waals surface area contributed by atoms with E-state index in [1.807, 2.05) is 6.07 Å². The van der Waals surface area contributed by atoms with Gasteiger partial charge in [-0.2, -0.15) is 0 Å². The number of amides is 1. The van der Waals surface area contributed by atoms with Crippen LogP contribution in [0.2, 0.25) is 0 Å². The number of fused-ring (bicyclic) bond motifs is 1. The third-order valence-corrected chi connectivity index (χ3v) is 3.63. The maximum atomic E-state index is 12.4. The zero-order chi connectivity index (χ0) is 14.8. The van der Waals surface area contributed by atoms with Gasteiger partial charge in [-0.05, 0) is 18.6 Å². The number of benzene rings is 1. The molecule has 2 N–H and O–H groups in total. The summed E-state index contributed by atoms with van der Waals surface area (Å²) in [6.07, 6.45) is 2.73. The lowest BCUT2D eigenvalue weighted by Crippen LogP contribution is -2.29. The van der Waals surface area contributed by atoms with E-state index < -0.39 is 0 Å². The van der Waals surface area contributed by atoms with Crippen LogP contribution in [0.25, 0.3) is 0 Å². The van der Waals surface area contributed by atoms with Crippen LogP contribution in [-0.2, 0) is 6.42 Å². The summed E-state index contributed by atoms with van der Waals surface area (Å²) < 4.78 is 1.47. The Balaban J connectivity index is 1.91. The zero-order valence-corrected chi connectivity index (χ0v) is 11.3. The van der Waals surface area contributed by atoms with Crippen LogP contribution in [0.15, 0.2) is 41.3 Å². The van der Waals surface area contributed by atoms with Crippen LogP contribution in [0.1, 0.15) is 28.6 Å². The summed E-state index contributed by atoms with van der Waals surface area (Å²) in [7, 11) is 0. The fraction of sp³-hybridized carbons (Fsp3) is 0.267. The molecule has 21 heavy (non-hydrogen) atoms. The summed E-state index contributed by atoms with van der Waals surface area (Å²) in [5.74, 6) is 0.297. The summed E-state index contributed by atoms with van der Waals surface area (Å²) in [5.41, 5.74) is 0.287. The molecule has 6 nitrogen and oxygen atoms in total. The van der Waals surface area contributed by atoms with Crippen molar-refractivity contribution in [2.75, 3.05) is 11.9 Å². The molecule has 0 radical (unpaired) electrons.